The number of carbonyl (C=O) groups is 2. The fourth-order valence-electron chi connectivity index (χ4n) is 2.50. The van der Waals surface area contributed by atoms with Crippen LogP contribution in [-0.2, 0) is 14.3 Å². The molecule has 7 nitrogen and oxygen atoms in total. The van der Waals surface area contributed by atoms with Crippen LogP contribution in [0.2, 0.25) is 0 Å². The molecule has 1 heterocycles. The van der Waals surface area contributed by atoms with E-state index >= 15 is 0 Å². The molecule has 8 heteroatoms. The van der Waals surface area contributed by atoms with Crippen molar-refractivity contribution in [2.75, 3.05) is 13.4 Å². The molecule has 0 radical (unpaired) electrons. The highest BCUT2D eigenvalue weighted by molar-refractivity contribution is 7.99. The van der Waals surface area contributed by atoms with Crippen molar-refractivity contribution < 1.29 is 19.1 Å². The van der Waals surface area contributed by atoms with Gasteiger partial charge in [0.05, 0.1) is 24.6 Å². The van der Waals surface area contributed by atoms with Gasteiger partial charge in [0.15, 0.2) is 5.69 Å². The first-order valence-corrected chi connectivity index (χ1v) is 8.59. The first-order valence-electron chi connectivity index (χ1n) is 7.30. The Morgan fingerprint density at radius 3 is 2.82 bits per heavy atom. The van der Waals surface area contributed by atoms with Gasteiger partial charge in [-0.05, 0) is 32.4 Å². The molecule has 1 aliphatic rings. The van der Waals surface area contributed by atoms with Gasteiger partial charge in [0.1, 0.15) is 6.10 Å². The molecule has 0 aromatic carbocycles. The maximum Gasteiger partial charge on any atom is 0.360 e. The summed E-state index contributed by atoms with van der Waals surface area (Å²) in [5, 5.41) is 7.63. The molecular weight excluding hydrogens is 306 g/mol. The first-order chi connectivity index (χ1) is 10.6. The zero-order valence-corrected chi connectivity index (χ0v) is 13.8. The van der Waals surface area contributed by atoms with Crippen LogP contribution in [0.1, 0.15) is 49.1 Å². The number of esters is 2. The summed E-state index contributed by atoms with van der Waals surface area (Å²) in [4.78, 5) is 23.5. The third-order valence-electron chi connectivity index (χ3n) is 3.87. The molecule has 0 spiro atoms. The van der Waals surface area contributed by atoms with Crippen molar-refractivity contribution in [3.05, 3.63) is 11.9 Å². The fourth-order valence-corrected chi connectivity index (χ4v) is 2.74. The van der Waals surface area contributed by atoms with Gasteiger partial charge in [-0.1, -0.05) is 11.6 Å². The average molecular weight is 327 g/mol. The van der Waals surface area contributed by atoms with Gasteiger partial charge in [0.2, 0.25) is 0 Å². The van der Waals surface area contributed by atoms with Crippen LogP contribution < -0.4 is 0 Å². The van der Waals surface area contributed by atoms with Crippen LogP contribution in [-0.4, -0.2) is 51.7 Å². The molecule has 2 rings (SSSR count). The quantitative estimate of drug-likeness (QED) is 0.763. The van der Waals surface area contributed by atoms with Crippen LogP contribution in [0.15, 0.2) is 6.20 Å². The minimum Gasteiger partial charge on any atom is -0.464 e. The van der Waals surface area contributed by atoms with Gasteiger partial charge in [-0.2, -0.15) is 11.8 Å². The highest BCUT2D eigenvalue weighted by Crippen LogP contribution is 2.31. The van der Waals surface area contributed by atoms with Gasteiger partial charge in [-0.3, -0.25) is 4.79 Å². The van der Waals surface area contributed by atoms with Crippen molar-refractivity contribution in [3.8, 4) is 0 Å². The van der Waals surface area contributed by atoms with Crippen molar-refractivity contribution in [1.29, 1.82) is 0 Å². The number of methoxy groups -OCH3 is 1. The van der Waals surface area contributed by atoms with Crippen LogP contribution in [0.25, 0.3) is 0 Å². The molecule has 22 heavy (non-hydrogen) atoms. The molecule has 0 unspecified atom stereocenters. The number of aromatic nitrogens is 3. The van der Waals surface area contributed by atoms with E-state index in [-0.39, 0.29) is 29.1 Å². The predicted molar refractivity (Wildman–Crippen MR) is 81.7 cm³/mol. The summed E-state index contributed by atoms with van der Waals surface area (Å²) < 4.78 is 11.9. The molecule has 0 aliphatic heterocycles. The minimum absolute atomic E-state index is 0.0855. The van der Waals surface area contributed by atoms with E-state index in [2.05, 4.69) is 15.0 Å². The van der Waals surface area contributed by atoms with Gasteiger partial charge in [-0.15, -0.1) is 5.10 Å². The molecule has 1 aliphatic carbocycles. The number of carbonyl (C=O) groups excluding carboxylic acids is 2. The molecule has 1 aromatic heterocycles. The SMILES string of the molecule is COC(=O)c1cn([C@@H]2CCCC[C@H]2OC(=O)[C@@H](C)SC)nn1. The van der Waals surface area contributed by atoms with E-state index < -0.39 is 5.97 Å². The standard InChI is InChI=1S/C14H21N3O4S/c1-9(22-3)13(18)21-12-7-5-4-6-11(12)17-8-10(15-16-17)14(19)20-2/h8-9,11-12H,4-7H2,1-3H3/t9-,11-,12-/m1/s1. The Morgan fingerprint density at radius 2 is 2.14 bits per heavy atom. The van der Waals surface area contributed by atoms with Crippen LogP contribution in [0.3, 0.4) is 0 Å². The molecular formula is C14H21N3O4S. The van der Waals surface area contributed by atoms with Crippen molar-refractivity contribution >= 4 is 23.7 Å². The first kappa shape index (κ1) is 16.8. The van der Waals surface area contributed by atoms with Gasteiger partial charge in [0, 0.05) is 0 Å². The summed E-state index contributed by atoms with van der Waals surface area (Å²) in [5.74, 6) is -0.732. The second-order valence-corrected chi connectivity index (χ2v) is 6.46. The van der Waals surface area contributed by atoms with Gasteiger partial charge >= 0.3 is 11.9 Å². The average Bonchev–Trinajstić information content (AvgIpc) is 3.03. The number of ether oxygens (including phenoxy) is 2. The molecule has 0 N–H and O–H groups in total. The normalized spacial score (nSPS) is 22.9. The summed E-state index contributed by atoms with van der Waals surface area (Å²) >= 11 is 1.46. The zero-order valence-electron chi connectivity index (χ0n) is 13.0. The molecule has 0 bridgehead atoms. The second kappa shape index (κ2) is 7.62. The van der Waals surface area contributed by atoms with Gasteiger partial charge in [-0.25, -0.2) is 9.48 Å². The van der Waals surface area contributed by atoms with Crippen LogP contribution in [0.5, 0.6) is 0 Å². The molecule has 0 amide bonds. The third kappa shape index (κ3) is 3.79. The maximum atomic E-state index is 12.0. The maximum absolute atomic E-state index is 12.0. The predicted octanol–water partition coefficient (Wildman–Crippen LogP) is 1.84. The van der Waals surface area contributed by atoms with E-state index in [9.17, 15) is 9.59 Å². The lowest BCUT2D eigenvalue weighted by atomic mass is 9.92. The molecule has 1 saturated carbocycles. The molecule has 3 atom stereocenters. The molecule has 1 aromatic rings. The second-order valence-electron chi connectivity index (χ2n) is 5.28. The summed E-state index contributed by atoms with van der Waals surface area (Å²) in [7, 11) is 1.30. The zero-order chi connectivity index (χ0) is 16.1. The Balaban J connectivity index is 2.10. The summed E-state index contributed by atoms with van der Waals surface area (Å²) in [5.41, 5.74) is 0.163. The highest BCUT2D eigenvalue weighted by atomic mass is 32.2. The van der Waals surface area contributed by atoms with Gasteiger partial charge in [0.25, 0.3) is 0 Å². The topological polar surface area (TPSA) is 83.3 Å². The Hall–Kier alpha value is -1.57. The van der Waals surface area contributed by atoms with E-state index in [1.807, 2.05) is 13.2 Å². The Kier molecular flexibility index (Phi) is 5.82. The van der Waals surface area contributed by atoms with E-state index in [0.29, 0.717) is 0 Å². The Morgan fingerprint density at radius 1 is 1.41 bits per heavy atom. The van der Waals surface area contributed by atoms with Gasteiger partial charge < -0.3 is 9.47 Å². The van der Waals surface area contributed by atoms with E-state index in [1.165, 1.54) is 18.9 Å². The smallest absolute Gasteiger partial charge is 0.360 e. The van der Waals surface area contributed by atoms with Crippen LogP contribution >= 0.6 is 11.8 Å². The monoisotopic (exact) mass is 327 g/mol. The number of hydrogen-bond donors (Lipinski definition) is 0. The minimum atomic E-state index is -0.522. The molecule has 1 fully saturated rings. The van der Waals surface area contributed by atoms with E-state index in [1.54, 1.807) is 10.9 Å². The highest BCUT2D eigenvalue weighted by Gasteiger charge is 2.32. The summed E-state index contributed by atoms with van der Waals surface area (Å²) in [6.07, 6.45) is 6.89. The van der Waals surface area contributed by atoms with E-state index in [0.717, 1.165) is 25.7 Å². The lowest BCUT2D eigenvalue weighted by molar-refractivity contribution is -0.152. The number of rotatable bonds is 5. The van der Waals surface area contributed by atoms with Crippen LogP contribution in [0, 0.1) is 0 Å². The molecule has 122 valence electrons. The largest absolute Gasteiger partial charge is 0.464 e. The number of hydrogen-bond acceptors (Lipinski definition) is 7. The molecule has 0 saturated heterocycles. The Bertz CT molecular complexity index is 534. The van der Waals surface area contributed by atoms with Crippen molar-refractivity contribution in [2.45, 2.75) is 50.0 Å². The lowest BCUT2D eigenvalue weighted by Gasteiger charge is -2.31. The third-order valence-corrected chi connectivity index (χ3v) is 4.76. The van der Waals surface area contributed by atoms with Crippen molar-refractivity contribution in [2.24, 2.45) is 0 Å². The number of thioether (sulfide) groups is 1. The lowest BCUT2D eigenvalue weighted by Crippen LogP contribution is -2.34. The number of nitrogens with zero attached hydrogens (tertiary/aromatic N) is 3. The summed E-state index contributed by atoms with van der Waals surface area (Å²) in [6.45, 7) is 1.83. The van der Waals surface area contributed by atoms with Crippen molar-refractivity contribution in [1.82, 2.24) is 15.0 Å². The fraction of sp³-hybridized carbons (Fsp3) is 0.714. The van der Waals surface area contributed by atoms with Crippen molar-refractivity contribution in [3.63, 3.8) is 0 Å². The summed E-state index contributed by atoms with van der Waals surface area (Å²) in [6, 6.07) is -0.0855. The Labute approximate surface area is 133 Å². The van der Waals surface area contributed by atoms with Crippen LogP contribution in [0.4, 0.5) is 0 Å². The van der Waals surface area contributed by atoms with E-state index in [4.69, 9.17) is 4.74 Å².